The number of nitrogens with zero attached hydrogens (tertiary/aromatic N) is 3. The monoisotopic (exact) mass is 371 g/mol. The lowest BCUT2D eigenvalue weighted by atomic mass is 9.78. The summed E-state index contributed by atoms with van der Waals surface area (Å²) < 4.78 is 17.4. The van der Waals surface area contributed by atoms with Crippen molar-refractivity contribution in [2.45, 2.75) is 51.4 Å². The van der Waals surface area contributed by atoms with Gasteiger partial charge in [0.15, 0.2) is 0 Å². The zero-order valence-electron chi connectivity index (χ0n) is 16.1. The topological polar surface area (TPSA) is 60.6 Å². The maximum atomic E-state index is 6.29. The van der Waals surface area contributed by atoms with Crippen LogP contribution in [0.25, 0.3) is 0 Å². The Morgan fingerprint density at radius 1 is 1.26 bits per heavy atom. The molecule has 1 atom stereocenters. The summed E-state index contributed by atoms with van der Waals surface area (Å²) in [7, 11) is 0. The molecule has 0 unspecified atom stereocenters. The first-order valence-corrected chi connectivity index (χ1v) is 9.99. The van der Waals surface area contributed by atoms with E-state index in [-0.39, 0.29) is 5.60 Å². The second-order valence-corrected chi connectivity index (χ2v) is 7.80. The van der Waals surface area contributed by atoms with Gasteiger partial charge in [0.05, 0.1) is 17.9 Å². The van der Waals surface area contributed by atoms with E-state index in [1.807, 2.05) is 37.5 Å². The van der Waals surface area contributed by atoms with E-state index in [1.165, 1.54) is 5.56 Å². The van der Waals surface area contributed by atoms with E-state index < -0.39 is 0 Å². The molecule has 2 aromatic rings. The van der Waals surface area contributed by atoms with E-state index in [1.54, 1.807) is 0 Å². The molecule has 0 radical (unpaired) electrons. The molecule has 0 saturated carbocycles. The Balaban J connectivity index is 1.23. The molecule has 2 aliphatic heterocycles. The summed E-state index contributed by atoms with van der Waals surface area (Å²) in [5, 5.41) is 4.12. The minimum Gasteiger partial charge on any atom is -0.377 e. The van der Waals surface area contributed by atoms with Gasteiger partial charge in [-0.05, 0) is 56.2 Å². The molecule has 0 amide bonds. The molecule has 0 N–H and O–H groups in total. The Hall–Kier alpha value is -1.76. The quantitative estimate of drug-likeness (QED) is 0.696. The number of pyridine rings is 1. The highest BCUT2D eigenvalue weighted by Gasteiger charge is 2.45. The van der Waals surface area contributed by atoms with Crippen molar-refractivity contribution in [2.75, 3.05) is 26.3 Å². The number of ether oxygens (including phenoxy) is 2. The smallest absolute Gasteiger partial charge is 0.133 e. The summed E-state index contributed by atoms with van der Waals surface area (Å²) in [4.78, 5) is 6.50. The maximum Gasteiger partial charge on any atom is 0.133 e. The van der Waals surface area contributed by atoms with Crippen LogP contribution in [-0.2, 0) is 22.6 Å². The van der Waals surface area contributed by atoms with Crippen LogP contribution in [0.4, 0.5) is 0 Å². The van der Waals surface area contributed by atoms with E-state index in [9.17, 15) is 0 Å². The highest BCUT2D eigenvalue weighted by molar-refractivity contribution is 5.08. The molecule has 0 bridgehead atoms. The van der Waals surface area contributed by atoms with Gasteiger partial charge in [-0.2, -0.15) is 0 Å². The molecule has 1 spiro atoms. The highest BCUT2D eigenvalue weighted by Crippen LogP contribution is 2.42. The van der Waals surface area contributed by atoms with E-state index >= 15 is 0 Å². The number of likely N-dealkylation sites (tertiary alicyclic amines) is 1. The Labute approximate surface area is 160 Å². The first kappa shape index (κ1) is 18.6. The Kier molecular flexibility index (Phi) is 5.86. The van der Waals surface area contributed by atoms with Crippen molar-refractivity contribution in [3.8, 4) is 0 Å². The van der Waals surface area contributed by atoms with Gasteiger partial charge >= 0.3 is 0 Å². The lowest BCUT2D eigenvalue weighted by Crippen LogP contribution is -2.47. The fourth-order valence-corrected chi connectivity index (χ4v) is 4.45. The van der Waals surface area contributed by atoms with Crippen molar-refractivity contribution in [1.29, 1.82) is 0 Å². The van der Waals surface area contributed by atoms with Gasteiger partial charge in [-0.25, -0.2) is 0 Å². The molecule has 146 valence electrons. The highest BCUT2D eigenvalue weighted by atomic mass is 16.5. The molecule has 2 fully saturated rings. The summed E-state index contributed by atoms with van der Waals surface area (Å²) in [5.41, 5.74) is 2.26. The van der Waals surface area contributed by atoms with E-state index in [0.717, 1.165) is 70.0 Å². The van der Waals surface area contributed by atoms with Gasteiger partial charge in [-0.1, -0.05) is 5.16 Å². The molecule has 4 heterocycles. The molecule has 2 aliphatic rings. The van der Waals surface area contributed by atoms with Gasteiger partial charge in [0.2, 0.25) is 0 Å². The Morgan fingerprint density at radius 3 is 2.81 bits per heavy atom. The van der Waals surface area contributed by atoms with Crippen LogP contribution in [0.1, 0.15) is 42.7 Å². The lowest BCUT2D eigenvalue weighted by Gasteiger charge is -2.42. The molecule has 6 heteroatoms. The van der Waals surface area contributed by atoms with E-state index in [2.05, 4.69) is 15.0 Å². The fourth-order valence-electron chi connectivity index (χ4n) is 4.45. The molecular formula is C21H29N3O3. The number of piperidine rings is 1. The molecule has 27 heavy (non-hydrogen) atoms. The van der Waals surface area contributed by atoms with Crippen molar-refractivity contribution < 1.29 is 14.0 Å². The van der Waals surface area contributed by atoms with Crippen LogP contribution in [0.2, 0.25) is 0 Å². The van der Waals surface area contributed by atoms with Crippen molar-refractivity contribution in [1.82, 2.24) is 15.0 Å². The second kappa shape index (κ2) is 8.50. The second-order valence-electron chi connectivity index (χ2n) is 7.80. The molecular weight excluding hydrogens is 342 g/mol. The van der Waals surface area contributed by atoms with Gasteiger partial charge in [-0.15, -0.1) is 0 Å². The summed E-state index contributed by atoms with van der Waals surface area (Å²) in [6, 6.07) is 6.04. The molecule has 2 saturated heterocycles. The number of hydrogen-bond acceptors (Lipinski definition) is 6. The van der Waals surface area contributed by atoms with Crippen molar-refractivity contribution in [2.24, 2.45) is 5.92 Å². The minimum atomic E-state index is 0.0519. The average Bonchev–Trinajstić information content (AvgIpc) is 3.28. The molecule has 0 aliphatic carbocycles. The predicted octanol–water partition coefficient (Wildman–Crippen LogP) is 3.36. The van der Waals surface area contributed by atoms with Gasteiger partial charge in [0, 0.05) is 51.3 Å². The summed E-state index contributed by atoms with van der Waals surface area (Å²) in [6.07, 6.45) is 8.05. The third-order valence-corrected chi connectivity index (χ3v) is 5.99. The first-order valence-electron chi connectivity index (χ1n) is 9.99. The van der Waals surface area contributed by atoms with Crippen LogP contribution in [0.15, 0.2) is 35.1 Å². The van der Waals surface area contributed by atoms with Crippen molar-refractivity contribution in [3.05, 3.63) is 47.6 Å². The van der Waals surface area contributed by atoms with Gasteiger partial charge in [-0.3, -0.25) is 9.88 Å². The lowest BCUT2D eigenvalue weighted by molar-refractivity contribution is -0.0735. The van der Waals surface area contributed by atoms with Crippen molar-refractivity contribution >= 4 is 0 Å². The Morgan fingerprint density at radius 2 is 2.07 bits per heavy atom. The SMILES string of the molecule is Cc1cc(CN2CCC3(CC2)OCC[C@@H]3CCOCc2ccncc2)no1. The fraction of sp³-hybridized carbons (Fsp3) is 0.619. The van der Waals surface area contributed by atoms with Crippen LogP contribution >= 0.6 is 0 Å². The van der Waals surface area contributed by atoms with Crippen molar-refractivity contribution in [3.63, 3.8) is 0 Å². The standard InChI is InChI=1S/C21H29N3O3/c1-17-14-20(23-27-17)15-24-10-6-21(7-11-24)19(5-13-26-21)4-12-25-16-18-2-8-22-9-3-18/h2-3,8-9,14,19H,4-7,10-13,15-16H2,1H3/t19-/m0/s1. The normalized spacial score (nSPS) is 22.5. The predicted molar refractivity (Wildman–Crippen MR) is 101 cm³/mol. The average molecular weight is 371 g/mol. The molecule has 2 aromatic heterocycles. The molecule has 6 nitrogen and oxygen atoms in total. The maximum absolute atomic E-state index is 6.29. The summed E-state index contributed by atoms with van der Waals surface area (Å²) >= 11 is 0. The van der Waals surface area contributed by atoms with Crippen LogP contribution < -0.4 is 0 Å². The molecule has 0 aromatic carbocycles. The number of aryl methyl sites for hydroxylation is 1. The molecule has 4 rings (SSSR count). The van der Waals surface area contributed by atoms with Crippen LogP contribution in [0.3, 0.4) is 0 Å². The zero-order valence-corrected chi connectivity index (χ0v) is 16.1. The van der Waals surface area contributed by atoms with E-state index in [4.69, 9.17) is 14.0 Å². The summed E-state index contributed by atoms with van der Waals surface area (Å²) in [5.74, 6) is 1.48. The van der Waals surface area contributed by atoms with Gasteiger partial charge < -0.3 is 14.0 Å². The Bertz CT molecular complexity index is 710. The number of aromatic nitrogens is 2. The van der Waals surface area contributed by atoms with Crippen LogP contribution in [-0.4, -0.2) is 46.9 Å². The van der Waals surface area contributed by atoms with Crippen LogP contribution in [0, 0.1) is 12.8 Å². The summed E-state index contributed by atoms with van der Waals surface area (Å²) in [6.45, 7) is 7.26. The third-order valence-electron chi connectivity index (χ3n) is 5.99. The minimum absolute atomic E-state index is 0.0519. The largest absolute Gasteiger partial charge is 0.377 e. The third kappa shape index (κ3) is 4.57. The van der Waals surface area contributed by atoms with Gasteiger partial charge in [0.1, 0.15) is 5.76 Å². The zero-order chi connectivity index (χ0) is 18.5. The number of rotatable bonds is 7. The number of hydrogen-bond donors (Lipinski definition) is 0. The first-order chi connectivity index (χ1) is 13.2. The van der Waals surface area contributed by atoms with Gasteiger partial charge in [0.25, 0.3) is 0 Å². The van der Waals surface area contributed by atoms with E-state index in [0.29, 0.717) is 12.5 Å². The van der Waals surface area contributed by atoms with Crippen LogP contribution in [0.5, 0.6) is 0 Å².